The van der Waals surface area contributed by atoms with Crippen LogP contribution in [0.1, 0.15) is 6.42 Å². The summed E-state index contributed by atoms with van der Waals surface area (Å²) in [7, 11) is 0. The van der Waals surface area contributed by atoms with Gasteiger partial charge < -0.3 is 0 Å². The minimum absolute atomic E-state index is 0.0174. The Morgan fingerprint density at radius 2 is 1.86 bits per heavy atom. The lowest BCUT2D eigenvalue weighted by Gasteiger charge is -2.21. The number of hydrogen-bond acceptors (Lipinski definition) is 3. The number of imide groups is 1. The number of hydrogen-bond donors (Lipinski definition) is 1. The van der Waals surface area contributed by atoms with Crippen molar-refractivity contribution in [3.05, 3.63) is 0 Å². The fourth-order valence-corrected chi connectivity index (χ4v) is 0.348. The predicted molar refractivity (Wildman–Crippen MR) is 20.7 cm³/mol. The molecule has 0 unspecified atom stereocenters. The van der Waals surface area contributed by atoms with Crippen molar-refractivity contribution in [2.24, 2.45) is 5.84 Å². The lowest BCUT2D eigenvalue weighted by atomic mass is 10.2. The van der Waals surface area contributed by atoms with E-state index in [2.05, 4.69) is 0 Å². The standard InChI is InChI=1S/C3H4N2O2/c4-5-2(6)1-3(5)7/h1,4H2. The van der Waals surface area contributed by atoms with Crippen LogP contribution < -0.4 is 5.84 Å². The maximum absolute atomic E-state index is 10.0. The molecule has 4 heteroatoms. The summed E-state index contributed by atoms with van der Waals surface area (Å²) in [4.78, 5) is 20.0. The molecule has 1 rings (SSSR count). The Labute approximate surface area is 39.9 Å². The van der Waals surface area contributed by atoms with Crippen LogP contribution in [0.3, 0.4) is 0 Å². The number of carbonyl (C=O) groups is 2. The average molecular weight is 100 g/mol. The SMILES string of the molecule is NN1C(=O)CC1=O. The van der Waals surface area contributed by atoms with E-state index in [0.29, 0.717) is 5.01 Å². The van der Waals surface area contributed by atoms with E-state index in [9.17, 15) is 9.59 Å². The molecule has 0 saturated carbocycles. The number of rotatable bonds is 0. The molecule has 7 heavy (non-hydrogen) atoms. The van der Waals surface area contributed by atoms with Gasteiger partial charge in [0.2, 0.25) is 0 Å². The Morgan fingerprint density at radius 1 is 1.43 bits per heavy atom. The Hall–Kier alpha value is -0.900. The summed E-state index contributed by atoms with van der Waals surface area (Å²) in [6.07, 6.45) is -0.0174. The third-order valence-electron chi connectivity index (χ3n) is 0.840. The van der Waals surface area contributed by atoms with E-state index < -0.39 is 0 Å². The zero-order valence-corrected chi connectivity index (χ0v) is 3.55. The first-order valence-electron chi connectivity index (χ1n) is 1.82. The number of carbonyl (C=O) groups excluding carboxylic acids is 2. The number of nitrogens with two attached hydrogens (primary N) is 1. The fraction of sp³-hybridized carbons (Fsp3) is 0.333. The van der Waals surface area contributed by atoms with Crippen molar-refractivity contribution in [1.29, 1.82) is 0 Å². The molecular formula is C3H4N2O2. The smallest absolute Gasteiger partial charge is 0.253 e. The molecule has 4 nitrogen and oxygen atoms in total. The van der Waals surface area contributed by atoms with E-state index in [1.54, 1.807) is 0 Å². The zero-order valence-electron chi connectivity index (χ0n) is 3.55. The molecule has 0 aromatic heterocycles. The van der Waals surface area contributed by atoms with Gasteiger partial charge in [-0.25, -0.2) is 10.9 Å². The lowest BCUT2D eigenvalue weighted by molar-refractivity contribution is -0.157. The molecule has 0 aromatic carbocycles. The van der Waals surface area contributed by atoms with Crippen LogP contribution in [-0.2, 0) is 9.59 Å². The Bertz CT molecular complexity index is 117. The van der Waals surface area contributed by atoms with Gasteiger partial charge in [-0.3, -0.25) is 9.59 Å². The second-order valence-corrected chi connectivity index (χ2v) is 1.33. The molecule has 0 radical (unpaired) electrons. The van der Waals surface area contributed by atoms with Gasteiger partial charge in [-0.15, -0.1) is 0 Å². The van der Waals surface area contributed by atoms with Crippen molar-refractivity contribution in [1.82, 2.24) is 5.01 Å². The molecule has 0 aliphatic carbocycles. The molecular weight excluding hydrogens is 96.0 g/mol. The first kappa shape index (κ1) is 4.26. The highest BCUT2D eigenvalue weighted by atomic mass is 16.2. The molecule has 0 aromatic rings. The van der Waals surface area contributed by atoms with Gasteiger partial charge in [0, 0.05) is 0 Å². The topological polar surface area (TPSA) is 63.4 Å². The summed E-state index contributed by atoms with van der Waals surface area (Å²) in [6.45, 7) is 0. The summed E-state index contributed by atoms with van der Waals surface area (Å²) < 4.78 is 0. The second-order valence-electron chi connectivity index (χ2n) is 1.33. The molecule has 2 amide bonds. The first-order valence-corrected chi connectivity index (χ1v) is 1.82. The maximum atomic E-state index is 10.0. The minimum Gasteiger partial charge on any atom is -0.272 e. The van der Waals surface area contributed by atoms with E-state index in [1.165, 1.54) is 0 Å². The van der Waals surface area contributed by atoms with Crippen molar-refractivity contribution in [2.45, 2.75) is 6.42 Å². The van der Waals surface area contributed by atoms with Crippen molar-refractivity contribution >= 4 is 11.8 Å². The molecule has 2 N–H and O–H groups in total. The first-order chi connectivity index (χ1) is 3.22. The molecule has 0 atom stereocenters. The highest BCUT2D eigenvalue weighted by Crippen LogP contribution is 2.02. The van der Waals surface area contributed by atoms with Gasteiger partial charge in [0.15, 0.2) is 0 Å². The third kappa shape index (κ3) is 0.398. The maximum Gasteiger partial charge on any atom is 0.253 e. The second kappa shape index (κ2) is 1.04. The Balaban J connectivity index is 2.59. The summed E-state index contributed by atoms with van der Waals surface area (Å²) in [6, 6.07) is 0. The molecule has 1 fully saturated rings. The van der Waals surface area contributed by atoms with Crippen LogP contribution in [0.5, 0.6) is 0 Å². The fourth-order valence-electron chi connectivity index (χ4n) is 0.348. The van der Waals surface area contributed by atoms with Gasteiger partial charge in [0.25, 0.3) is 11.8 Å². The number of amides is 2. The normalized spacial score (nSPS) is 19.9. The third-order valence-corrected chi connectivity index (χ3v) is 0.840. The molecule has 0 spiro atoms. The highest BCUT2D eigenvalue weighted by Gasteiger charge is 2.30. The molecule has 1 aliphatic heterocycles. The summed E-state index contributed by atoms with van der Waals surface area (Å²) in [5.74, 6) is 4.20. The summed E-state index contributed by atoms with van der Waals surface area (Å²) in [5, 5.41) is 0.611. The van der Waals surface area contributed by atoms with E-state index in [0.717, 1.165) is 0 Å². The Morgan fingerprint density at radius 3 is 1.86 bits per heavy atom. The van der Waals surface area contributed by atoms with Crippen LogP contribution in [0, 0.1) is 0 Å². The van der Waals surface area contributed by atoms with Crippen LogP contribution in [-0.4, -0.2) is 16.8 Å². The van der Waals surface area contributed by atoms with Crippen molar-refractivity contribution in [3.63, 3.8) is 0 Å². The molecule has 0 bridgehead atoms. The highest BCUT2D eigenvalue weighted by molar-refractivity contribution is 6.14. The largest absolute Gasteiger partial charge is 0.272 e. The minimum atomic E-state index is -0.301. The van der Waals surface area contributed by atoms with Crippen LogP contribution in [0.25, 0.3) is 0 Å². The van der Waals surface area contributed by atoms with Crippen molar-refractivity contribution < 1.29 is 9.59 Å². The van der Waals surface area contributed by atoms with Gasteiger partial charge in [-0.1, -0.05) is 0 Å². The average Bonchev–Trinajstić information content (AvgIpc) is 1.68. The molecule has 1 heterocycles. The van der Waals surface area contributed by atoms with E-state index in [4.69, 9.17) is 5.84 Å². The van der Waals surface area contributed by atoms with E-state index >= 15 is 0 Å². The van der Waals surface area contributed by atoms with Gasteiger partial charge in [0.1, 0.15) is 6.42 Å². The lowest BCUT2D eigenvalue weighted by Crippen LogP contribution is -2.53. The molecule has 1 aliphatic rings. The monoisotopic (exact) mass is 100 g/mol. The number of hydrazine groups is 1. The van der Waals surface area contributed by atoms with Gasteiger partial charge >= 0.3 is 0 Å². The van der Waals surface area contributed by atoms with Crippen LogP contribution in [0.15, 0.2) is 0 Å². The number of nitrogens with zero attached hydrogens (tertiary/aromatic N) is 1. The van der Waals surface area contributed by atoms with Crippen molar-refractivity contribution in [3.8, 4) is 0 Å². The van der Waals surface area contributed by atoms with E-state index in [1.807, 2.05) is 0 Å². The van der Waals surface area contributed by atoms with Crippen LogP contribution >= 0.6 is 0 Å². The molecule has 38 valence electrons. The predicted octanol–water partition coefficient (Wildman–Crippen LogP) is -1.38. The van der Waals surface area contributed by atoms with Gasteiger partial charge in [0.05, 0.1) is 0 Å². The summed E-state index contributed by atoms with van der Waals surface area (Å²) in [5.41, 5.74) is 0. The van der Waals surface area contributed by atoms with Gasteiger partial charge in [-0.05, 0) is 0 Å². The zero-order chi connectivity index (χ0) is 5.44. The van der Waals surface area contributed by atoms with Crippen molar-refractivity contribution in [2.75, 3.05) is 0 Å². The number of β-lactam (4-membered cyclic amide) rings is 2. The van der Waals surface area contributed by atoms with Gasteiger partial charge in [-0.2, -0.15) is 0 Å². The van der Waals surface area contributed by atoms with E-state index in [-0.39, 0.29) is 18.2 Å². The van der Waals surface area contributed by atoms with Crippen LogP contribution in [0.2, 0.25) is 0 Å². The Kier molecular flexibility index (Phi) is 0.631. The molecule has 1 saturated heterocycles. The van der Waals surface area contributed by atoms with Crippen LogP contribution in [0.4, 0.5) is 0 Å². The quantitative estimate of drug-likeness (QED) is 0.176. The summed E-state index contributed by atoms with van der Waals surface area (Å²) >= 11 is 0.